The van der Waals surface area contributed by atoms with E-state index >= 15 is 0 Å². The summed E-state index contributed by atoms with van der Waals surface area (Å²) >= 11 is 0. The molecule has 0 aliphatic rings. The van der Waals surface area contributed by atoms with E-state index in [2.05, 4.69) is 9.47 Å². The highest BCUT2D eigenvalue weighted by molar-refractivity contribution is 5.79. The number of hydrogen-bond donors (Lipinski definition) is 1. The van der Waals surface area contributed by atoms with Crippen molar-refractivity contribution in [1.29, 1.82) is 0 Å². The van der Waals surface area contributed by atoms with Gasteiger partial charge in [0.15, 0.2) is 6.61 Å². The van der Waals surface area contributed by atoms with Crippen LogP contribution >= 0.6 is 0 Å². The molecule has 0 fully saturated rings. The summed E-state index contributed by atoms with van der Waals surface area (Å²) in [5.41, 5.74) is -6.78. The lowest BCUT2D eigenvalue weighted by Crippen LogP contribution is -2.70. The van der Waals surface area contributed by atoms with Crippen molar-refractivity contribution in [1.82, 2.24) is 0 Å². The third-order valence-electron chi connectivity index (χ3n) is 4.15. The predicted molar refractivity (Wildman–Crippen MR) is 91.2 cm³/mol. The maximum Gasteiger partial charge on any atom is 0.431 e. The molecule has 0 aliphatic heterocycles. The van der Waals surface area contributed by atoms with Crippen LogP contribution in [0.15, 0.2) is 11.6 Å². The molecule has 0 saturated carbocycles. The summed E-state index contributed by atoms with van der Waals surface area (Å²) in [6.07, 6.45) is -22.7. The van der Waals surface area contributed by atoms with Crippen molar-refractivity contribution in [3.63, 3.8) is 0 Å². The molecule has 0 spiro atoms. The second-order valence-electron chi connectivity index (χ2n) is 8.29. The van der Waals surface area contributed by atoms with Gasteiger partial charge in [0.25, 0.3) is 18.1 Å². The highest BCUT2D eigenvalue weighted by atomic mass is 19.4. The van der Waals surface area contributed by atoms with Crippen molar-refractivity contribution in [2.24, 2.45) is 11.3 Å². The summed E-state index contributed by atoms with van der Waals surface area (Å²) in [5.74, 6) is -11.5. The molecule has 0 aliphatic carbocycles. The molecule has 0 amide bonds. The van der Waals surface area contributed by atoms with Gasteiger partial charge in [-0.15, -0.1) is 0 Å². The van der Waals surface area contributed by atoms with Crippen LogP contribution in [0.5, 0.6) is 0 Å². The zero-order chi connectivity index (χ0) is 26.8. The summed E-state index contributed by atoms with van der Waals surface area (Å²) in [4.78, 5) is 23.8. The fraction of sp³-hybridized carbons (Fsp3) is 0.778. The number of esters is 2. The van der Waals surface area contributed by atoms with Gasteiger partial charge in [-0.25, -0.2) is 13.6 Å². The van der Waals surface area contributed by atoms with Crippen LogP contribution in [-0.2, 0) is 19.1 Å². The zero-order valence-electron chi connectivity index (χ0n) is 17.9. The van der Waals surface area contributed by atoms with Crippen molar-refractivity contribution in [2.75, 3.05) is 6.61 Å². The maximum absolute atomic E-state index is 14.0. The Morgan fingerprint density at radius 1 is 0.939 bits per heavy atom. The summed E-state index contributed by atoms with van der Waals surface area (Å²) in [6.45, 7) is 6.00. The molecule has 3 atom stereocenters. The highest BCUT2D eigenvalue weighted by Crippen LogP contribution is 2.51. The zero-order valence-corrected chi connectivity index (χ0v) is 17.9. The molecule has 3 unspecified atom stereocenters. The number of halogens is 10. The molecule has 1 N–H and O–H groups in total. The Bertz CT molecular complexity index is 732. The van der Waals surface area contributed by atoms with E-state index in [0.29, 0.717) is 5.57 Å². The number of alkyl halides is 10. The van der Waals surface area contributed by atoms with Crippen molar-refractivity contribution in [3.8, 4) is 0 Å². The molecule has 5 nitrogen and oxygen atoms in total. The summed E-state index contributed by atoms with van der Waals surface area (Å²) < 4.78 is 138. The quantitative estimate of drug-likeness (QED) is 0.289. The molecule has 0 saturated heterocycles. The van der Waals surface area contributed by atoms with Crippen molar-refractivity contribution in [2.45, 2.75) is 71.0 Å². The number of carbonyl (C=O) groups is 2. The number of carbonyl (C=O) groups excluding carboxylic acids is 2. The van der Waals surface area contributed by atoms with Crippen LogP contribution in [0, 0.1) is 11.3 Å². The average Bonchev–Trinajstić information content (AvgIpc) is 2.57. The van der Waals surface area contributed by atoms with Gasteiger partial charge < -0.3 is 14.6 Å². The van der Waals surface area contributed by atoms with Gasteiger partial charge in [0, 0.05) is 0 Å². The molecule has 33 heavy (non-hydrogen) atoms. The second kappa shape index (κ2) is 10.1. The van der Waals surface area contributed by atoms with Crippen LogP contribution in [0.2, 0.25) is 0 Å². The lowest BCUT2D eigenvalue weighted by atomic mass is 9.80. The molecule has 0 rings (SSSR count). The van der Waals surface area contributed by atoms with Crippen LogP contribution in [0.25, 0.3) is 0 Å². The minimum absolute atomic E-state index is 0.588. The number of ether oxygens (including phenoxy) is 2. The summed E-state index contributed by atoms with van der Waals surface area (Å²) in [7, 11) is 0. The summed E-state index contributed by atoms with van der Waals surface area (Å²) in [6, 6.07) is 0. The number of aliphatic hydroxyl groups is 1. The fourth-order valence-electron chi connectivity index (χ4n) is 2.39. The number of allylic oxidation sites excluding steroid dienone is 1. The summed E-state index contributed by atoms with van der Waals surface area (Å²) in [5, 5.41) is 8.86. The van der Waals surface area contributed by atoms with Gasteiger partial charge in [-0.05, 0) is 19.3 Å². The molecule has 0 bridgehead atoms. The van der Waals surface area contributed by atoms with E-state index in [-0.39, 0.29) is 0 Å². The molecule has 0 aromatic carbocycles. The van der Waals surface area contributed by atoms with E-state index in [1.54, 1.807) is 34.6 Å². The normalized spacial score (nSPS) is 17.1. The third kappa shape index (κ3) is 7.21. The Kier molecular flexibility index (Phi) is 9.43. The maximum atomic E-state index is 14.0. The molecular weight excluding hydrogens is 486 g/mol. The predicted octanol–water partition coefficient (Wildman–Crippen LogP) is 4.83. The van der Waals surface area contributed by atoms with Crippen molar-refractivity contribution in [3.05, 3.63) is 11.6 Å². The van der Waals surface area contributed by atoms with Gasteiger partial charge in [0.1, 0.15) is 0 Å². The van der Waals surface area contributed by atoms with Gasteiger partial charge in [0.05, 0.1) is 5.92 Å². The van der Waals surface area contributed by atoms with Crippen LogP contribution in [0.3, 0.4) is 0 Å². The second-order valence-corrected chi connectivity index (χ2v) is 8.29. The highest BCUT2D eigenvalue weighted by Gasteiger charge is 2.81. The van der Waals surface area contributed by atoms with E-state index in [9.17, 15) is 53.5 Å². The molecule has 15 heteroatoms. The number of hydrogen-bond acceptors (Lipinski definition) is 5. The molecule has 0 heterocycles. The van der Waals surface area contributed by atoms with Crippen LogP contribution in [0.1, 0.15) is 34.6 Å². The van der Waals surface area contributed by atoms with Crippen molar-refractivity contribution < 1.29 is 68.1 Å². The first-order valence-corrected chi connectivity index (χ1v) is 8.93. The first kappa shape index (κ1) is 30.9. The Hall–Kier alpha value is -2.06. The fourth-order valence-corrected chi connectivity index (χ4v) is 2.39. The topological polar surface area (TPSA) is 72.8 Å². The largest absolute Gasteiger partial charge is 0.453 e. The SMILES string of the molecule is CC(C)=CC(C(=O)OCC(=O)OC(C(F)(F)F)C(F)(F)C(O)(C(F)F)C(F)(F)F)C(C)(C)C. The lowest BCUT2D eigenvalue weighted by Gasteiger charge is -2.40. The smallest absolute Gasteiger partial charge is 0.431 e. The average molecular weight is 508 g/mol. The third-order valence-corrected chi connectivity index (χ3v) is 4.15. The van der Waals surface area contributed by atoms with Gasteiger partial charge in [-0.2, -0.15) is 35.1 Å². The van der Waals surface area contributed by atoms with E-state index in [0.717, 1.165) is 0 Å². The van der Waals surface area contributed by atoms with E-state index in [1.807, 2.05) is 0 Å². The Morgan fingerprint density at radius 2 is 1.39 bits per heavy atom. The molecular formula is C18H22F10O5. The van der Waals surface area contributed by atoms with Gasteiger partial charge in [-0.1, -0.05) is 32.4 Å². The standard InChI is InChI=1S/C18H22F10O5/c1-8(2)6-9(14(3,4)5)11(30)32-7-10(29)33-12(17(23,24)25)16(21,22)15(31,13(19)20)18(26,27)28/h6,9,12-13,31H,7H2,1-5H3. The first-order chi connectivity index (χ1) is 14.4. The molecule has 194 valence electrons. The monoisotopic (exact) mass is 508 g/mol. The van der Waals surface area contributed by atoms with E-state index in [4.69, 9.17) is 5.11 Å². The minimum atomic E-state index is -6.96. The molecule has 0 radical (unpaired) electrons. The van der Waals surface area contributed by atoms with Gasteiger partial charge in [-0.3, -0.25) is 4.79 Å². The van der Waals surface area contributed by atoms with Gasteiger partial charge in [0.2, 0.25) is 0 Å². The van der Waals surface area contributed by atoms with Crippen LogP contribution < -0.4 is 0 Å². The van der Waals surface area contributed by atoms with E-state index < -0.39 is 66.3 Å². The van der Waals surface area contributed by atoms with Crippen LogP contribution in [0.4, 0.5) is 43.9 Å². The minimum Gasteiger partial charge on any atom is -0.453 e. The Morgan fingerprint density at radius 3 is 1.70 bits per heavy atom. The molecule has 0 aromatic rings. The Labute approximate surface area is 181 Å². The lowest BCUT2D eigenvalue weighted by molar-refractivity contribution is -0.401. The first-order valence-electron chi connectivity index (χ1n) is 8.93. The van der Waals surface area contributed by atoms with Crippen LogP contribution in [-0.4, -0.2) is 60.1 Å². The number of rotatable bonds is 8. The van der Waals surface area contributed by atoms with E-state index in [1.165, 1.54) is 6.08 Å². The van der Waals surface area contributed by atoms with Crippen molar-refractivity contribution >= 4 is 11.9 Å². The van der Waals surface area contributed by atoms with Gasteiger partial charge >= 0.3 is 30.2 Å². The molecule has 0 aromatic heterocycles. The Balaban J connectivity index is 5.87.